The maximum absolute atomic E-state index is 12.1. The number of rotatable bonds is 6. The molecule has 0 saturated carbocycles. The monoisotopic (exact) mass is 304 g/mol. The van der Waals surface area contributed by atoms with Gasteiger partial charge in [-0.1, -0.05) is 49.4 Å². The number of nitrogens with one attached hydrogen (secondary N) is 1. The van der Waals surface area contributed by atoms with Crippen LogP contribution in [0.5, 0.6) is 0 Å². The second kappa shape index (κ2) is 6.74. The molecule has 5 heteroatoms. The summed E-state index contributed by atoms with van der Waals surface area (Å²) in [7, 11) is -3.40. The van der Waals surface area contributed by atoms with Crippen molar-refractivity contribution in [3.8, 4) is 0 Å². The van der Waals surface area contributed by atoms with E-state index in [1.807, 2.05) is 24.3 Å². The Hall–Kier alpha value is -1.85. The minimum absolute atomic E-state index is 0.104. The van der Waals surface area contributed by atoms with Gasteiger partial charge in [0.05, 0.1) is 5.75 Å². The highest BCUT2D eigenvalue weighted by Gasteiger charge is 2.12. The number of nitrogens with two attached hydrogens (primary N) is 1. The number of benzene rings is 2. The highest BCUT2D eigenvalue weighted by atomic mass is 32.2. The van der Waals surface area contributed by atoms with Gasteiger partial charge in [0, 0.05) is 12.2 Å². The van der Waals surface area contributed by atoms with Crippen molar-refractivity contribution in [2.45, 2.75) is 25.6 Å². The Morgan fingerprint density at radius 3 is 2.24 bits per heavy atom. The topological polar surface area (TPSA) is 72.2 Å². The molecule has 0 radical (unpaired) electrons. The number of hydrogen-bond donors (Lipinski definition) is 2. The molecule has 2 aromatic carbocycles. The van der Waals surface area contributed by atoms with Crippen LogP contribution in [-0.4, -0.2) is 8.42 Å². The predicted octanol–water partition coefficient (Wildman–Crippen LogP) is 2.45. The van der Waals surface area contributed by atoms with Crippen molar-refractivity contribution < 1.29 is 8.42 Å². The molecular weight excluding hydrogens is 284 g/mol. The van der Waals surface area contributed by atoms with Crippen LogP contribution in [0.2, 0.25) is 0 Å². The maximum atomic E-state index is 12.1. The van der Waals surface area contributed by atoms with Gasteiger partial charge in [-0.2, -0.15) is 0 Å². The molecule has 0 fully saturated rings. The molecule has 0 aliphatic rings. The molecule has 0 spiro atoms. The minimum Gasteiger partial charge on any atom is -0.398 e. The van der Waals surface area contributed by atoms with Crippen molar-refractivity contribution in [2.75, 3.05) is 5.73 Å². The Kier molecular flexibility index (Phi) is 4.98. The van der Waals surface area contributed by atoms with Crippen LogP contribution in [-0.2, 0) is 28.7 Å². The van der Waals surface area contributed by atoms with Crippen molar-refractivity contribution in [1.29, 1.82) is 0 Å². The van der Waals surface area contributed by atoms with Gasteiger partial charge in [-0.3, -0.25) is 0 Å². The minimum atomic E-state index is -3.40. The summed E-state index contributed by atoms with van der Waals surface area (Å²) in [4.78, 5) is 0. The van der Waals surface area contributed by atoms with Crippen LogP contribution >= 0.6 is 0 Å². The first-order valence-corrected chi connectivity index (χ1v) is 8.54. The first kappa shape index (κ1) is 15.5. The largest absolute Gasteiger partial charge is 0.398 e. The van der Waals surface area contributed by atoms with Crippen LogP contribution in [0.15, 0.2) is 48.5 Å². The zero-order valence-corrected chi connectivity index (χ0v) is 12.9. The molecular formula is C16H20N2O2S. The molecule has 3 N–H and O–H groups in total. The van der Waals surface area contributed by atoms with Crippen molar-refractivity contribution >= 4 is 15.7 Å². The molecule has 0 heterocycles. The van der Waals surface area contributed by atoms with Gasteiger partial charge in [0.15, 0.2) is 0 Å². The van der Waals surface area contributed by atoms with E-state index in [9.17, 15) is 8.42 Å². The zero-order chi connectivity index (χ0) is 15.3. The summed E-state index contributed by atoms with van der Waals surface area (Å²) in [6, 6.07) is 14.9. The van der Waals surface area contributed by atoms with Gasteiger partial charge < -0.3 is 5.73 Å². The summed E-state index contributed by atoms with van der Waals surface area (Å²) in [6.45, 7) is 2.38. The molecule has 0 aromatic heterocycles. The number of hydrogen-bond acceptors (Lipinski definition) is 3. The van der Waals surface area contributed by atoms with Gasteiger partial charge >= 0.3 is 0 Å². The molecule has 112 valence electrons. The third-order valence-corrected chi connectivity index (χ3v) is 4.60. The summed E-state index contributed by atoms with van der Waals surface area (Å²) in [5, 5.41) is 0. The smallest absolute Gasteiger partial charge is 0.216 e. The number of sulfonamides is 1. The first-order chi connectivity index (χ1) is 10.00. The van der Waals surface area contributed by atoms with Crippen LogP contribution in [0.3, 0.4) is 0 Å². The lowest BCUT2D eigenvalue weighted by atomic mass is 10.1. The van der Waals surface area contributed by atoms with Crippen LogP contribution < -0.4 is 10.5 Å². The SMILES string of the molecule is CCc1ccc(CNS(=O)(=O)Cc2ccccc2N)cc1. The van der Waals surface area contributed by atoms with Crippen molar-refractivity contribution in [3.63, 3.8) is 0 Å². The third kappa shape index (κ3) is 4.58. The van der Waals surface area contributed by atoms with E-state index >= 15 is 0 Å². The molecule has 4 nitrogen and oxygen atoms in total. The molecule has 2 rings (SSSR count). The molecule has 0 aliphatic carbocycles. The summed E-state index contributed by atoms with van der Waals surface area (Å²) in [5.41, 5.74) is 9.06. The fourth-order valence-corrected chi connectivity index (χ4v) is 3.17. The van der Waals surface area contributed by atoms with E-state index < -0.39 is 10.0 Å². The molecule has 21 heavy (non-hydrogen) atoms. The number of aryl methyl sites for hydroxylation is 1. The molecule has 2 aromatic rings. The normalized spacial score (nSPS) is 11.5. The molecule has 0 amide bonds. The average Bonchev–Trinajstić information content (AvgIpc) is 2.48. The third-order valence-electron chi connectivity index (χ3n) is 3.33. The number of anilines is 1. The highest BCUT2D eigenvalue weighted by Crippen LogP contribution is 2.14. The Labute approximate surface area is 126 Å². The van der Waals surface area contributed by atoms with E-state index in [4.69, 9.17) is 5.73 Å². The highest BCUT2D eigenvalue weighted by molar-refractivity contribution is 7.88. The summed E-state index contributed by atoms with van der Waals surface area (Å²) >= 11 is 0. The lowest BCUT2D eigenvalue weighted by Crippen LogP contribution is -2.25. The summed E-state index contributed by atoms with van der Waals surface area (Å²) < 4.78 is 26.8. The predicted molar refractivity (Wildman–Crippen MR) is 86.1 cm³/mol. The van der Waals surface area contributed by atoms with Gasteiger partial charge in [-0.15, -0.1) is 0 Å². The summed E-state index contributed by atoms with van der Waals surface area (Å²) in [5.74, 6) is -0.104. The lowest BCUT2D eigenvalue weighted by Gasteiger charge is -2.09. The zero-order valence-electron chi connectivity index (χ0n) is 12.0. The van der Waals surface area contributed by atoms with Crippen LogP contribution in [0.25, 0.3) is 0 Å². The summed E-state index contributed by atoms with van der Waals surface area (Å²) in [6.07, 6.45) is 0.972. The average molecular weight is 304 g/mol. The number of nitrogen functional groups attached to an aromatic ring is 1. The molecule has 0 bridgehead atoms. The van der Waals surface area contributed by atoms with Gasteiger partial charge in [0.25, 0.3) is 0 Å². The first-order valence-electron chi connectivity index (χ1n) is 6.88. The van der Waals surface area contributed by atoms with Gasteiger partial charge in [0.2, 0.25) is 10.0 Å². The van der Waals surface area contributed by atoms with E-state index in [1.54, 1.807) is 24.3 Å². The van der Waals surface area contributed by atoms with Crippen molar-refractivity contribution in [2.24, 2.45) is 0 Å². The fourth-order valence-electron chi connectivity index (χ4n) is 2.01. The standard InChI is InChI=1S/C16H20N2O2S/c1-2-13-7-9-14(10-8-13)11-18-21(19,20)12-15-5-3-4-6-16(15)17/h3-10,18H,2,11-12,17H2,1H3. The van der Waals surface area contributed by atoms with Crippen LogP contribution in [0.1, 0.15) is 23.6 Å². The van der Waals surface area contributed by atoms with E-state index in [2.05, 4.69) is 11.6 Å². The van der Waals surface area contributed by atoms with E-state index in [1.165, 1.54) is 5.56 Å². The van der Waals surface area contributed by atoms with Crippen LogP contribution in [0.4, 0.5) is 5.69 Å². The van der Waals surface area contributed by atoms with Crippen LogP contribution in [0, 0.1) is 0 Å². The van der Waals surface area contributed by atoms with Crippen molar-refractivity contribution in [3.05, 3.63) is 65.2 Å². The second-order valence-electron chi connectivity index (χ2n) is 4.95. The van der Waals surface area contributed by atoms with E-state index in [0.29, 0.717) is 17.8 Å². The second-order valence-corrected chi connectivity index (χ2v) is 6.76. The molecule has 0 saturated heterocycles. The van der Waals surface area contributed by atoms with Gasteiger partial charge in [-0.05, 0) is 29.2 Å². The molecule has 0 atom stereocenters. The Bertz CT molecular complexity index is 694. The maximum Gasteiger partial charge on any atom is 0.216 e. The molecule has 0 unspecified atom stereocenters. The van der Waals surface area contributed by atoms with Crippen molar-refractivity contribution in [1.82, 2.24) is 4.72 Å². The molecule has 0 aliphatic heterocycles. The van der Waals surface area contributed by atoms with E-state index in [-0.39, 0.29) is 5.75 Å². The van der Waals surface area contributed by atoms with E-state index in [0.717, 1.165) is 12.0 Å². The Balaban J connectivity index is 1.99. The van der Waals surface area contributed by atoms with Gasteiger partial charge in [-0.25, -0.2) is 13.1 Å². The number of para-hydroxylation sites is 1. The quantitative estimate of drug-likeness (QED) is 0.805. The Morgan fingerprint density at radius 2 is 1.62 bits per heavy atom. The Morgan fingerprint density at radius 1 is 1.00 bits per heavy atom. The lowest BCUT2D eigenvalue weighted by molar-refractivity contribution is 0.580. The fraction of sp³-hybridized carbons (Fsp3) is 0.250. The van der Waals surface area contributed by atoms with Gasteiger partial charge in [0.1, 0.15) is 0 Å².